The quantitative estimate of drug-likeness (QED) is 0.607. The van der Waals surface area contributed by atoms with Crippen LogP contribution in [0.4, 0.5) is 0 Å². The van der Waals surface area contributed by atoms with Crippen LogP contribution in [0.2, 0.25) is 0 Å². The first-order valence-corrected chi connectivity index (χ1v) is 9.05. The van der Waals surface area contributed by atoms with E-state index in [1.54, 1.807) is 0 Å². The van der Waals surface area contributed by atoms with Gasteiger partial charge in [-0.05, 0) is 87.1 Å². The van der Waals surface area contributed by atoms with E-state index < -0.39 is 0 Å². The Labute approximate surface area is 130 Å². The van der Waals surface area contributed by atoms with Gasteiger partial charge in [0.1, 0.15) is 0 Å². The van der Waals surface area contributed by atoms with E-state index in [0.717, 1.165) is 0 Å². The lowest BCUT2D eigenvalue weighted by atomic mass is 10.1. The van der Waals surface area contributed by atoms with Crippen molar-refractivity contribution < 1.29 is 0 Å². The Kier molecular flexibility index (Phi) is 4.87. The van der Waals surface area contributed by atoms with Gasteiger partial charge in [0.2, 0.25) is 0 Å². The molecule has 20 heavy (non-hydrogen) atoms. The van der Waals surface area contributed by atoms with Gasteiger partial charge in [0, 0.05) is 9.79 Å². The Morgan fingerprint density at radius 3 is 1.20 bits per heavy atom. The van der Waals surface area contributed by atoms with Gasteiger partial charge in [0.15, 0.2) is 0 Å². The van der Waals surface area contributed by atoms with E-state index in [1.165, 1.54) is 43.2 Å². The molecule has 0 bridgehead atoms. The molecule has 0 aliphatic heterocycles. The SMILES string of the molecule is Cc1ccc(SSc2ccc(C)c(C)c2C)c(C)c1C. The fourth-order valence-electron chi connectivity index (χ4n) is 2.13. The first-order chi connectivity index (χ1) is 9.41. The Morgan fingerprint density at radius 2 is 0.850 bits per heavy atom. The van der Waals surface area contributed by atoms with Crippen molar-refractivity contribution in [2.45, 2.75) is 51.3 Å². The molecule has 0 N–H and O–H groups in total. The van der Waals surface area contributed by atoms with Gasteiger partial charge in [-0.1, -0.05) is 33.7 Å². The van der Waals surface area contributed by atoms with Gasteiger partial charge in [0.05, 0.1) is 0 Å². The van der Waals surface area contributed by atoms with Crippen LogP contribution in [0.3, 0.4) is 0 Å². The van der Waals surface area contributed by atoms with E-state index in [-0.39, 0.29) is 0 Å². The fraction of sp³-hybridized carbons (Fsp3) is 0.333. The highest BCUT2D eigenvalue weighted by atomic mass is 33.1. The Morgan fingerprint density at radius 1 is 0.500 bits per heavy atom. The summed E-state index contributed by atoms with van der Waals surface area (Å²) in [7, 11) is 3.74. The molecule has 0 fully saturated rings. The smallest absolute Gasteiger partial charge is 0.0218 e. The molecule has 0 saturated heterocycles. The Balaban J connectivity index is 2.22. The summed E-state index contributed by atoms with van der Waals surface area (Å²) in [6.07, 6.45) is 0. The zero-order valence-corrected chi connectivity index (χ0v) is 14.8. The maximum absolute atomic E-state index is 2.24. The van der Waals surface area contributed by atoms with Gasteiger partial charge in [-0.25, -0.2) is 0 Å². The third-order valence-electron chi connectivity index (χ3n) is 4.24. The molecule has 2 aromatic rings. The summed E-state index contributed by atoms with van der Waals surface area (Å²) in [6.45, 7) is 13.2. The number of rotatable bonds is 3. The predicted molar refractivity (Wildman–Crippen MR) is 93.0 cm³/mol. The molecule has 106 valence electrons. The van der Waals surface area contributed by atoms with E-state index >= 15 is 0 Å². The average Bonchev–Trinajstić information content (AvgIpc) is 2.43. The molecule has 0 aliphatic carbocycles. The zero-order chi connectivity index (χ0) is 14.9. The van der Waals surface area contributed by atoms with Gasteiger partial charge in [-0.2, -0.15) is 0 Å². The first kappa shape index (κ1) is 15.5. The summed E-state index contributed by atoms with van der Waals surface area (Å²) in [4.78, 5) is 2.74. The molecule has 2 aromatic carbocycles. The Bertz CT molecular complexity index is 585. The van der Waals surface area contributed by atoms with Gasteiger partial charge in [-0.3, -0.25) is 0 Å². The molecule has 0 aliphatic rings. The van der Waals surface area contributed by atoms with Crippen LogP contribution in [-0.2, 0) is 0 Å². The molecule has 0 amide bonds. The van der Waals surface area contributed by atoms with Crippen LogP contribution >= 0.6 is 21.6 Å². The van der Waals surface area contributed by atoms with Crippen LogP contribution in [0.15, 0.2) is 34.1 Å². The van der Waals surface area contributed by atoms with Crippen molar-refractivity contribution in [1.82, 2.24) is 0 Å². The molecule has 0 atom stereocenters. The van der Waals surface area contributed by atoms with Crippen molar-refractivity contribution in [3.63, 3.8) is 0 Å². The minimum absolute atomic E-state index is 1.37. The van der Waals surface area contributed by atoms with Crippen molar-refractivity contribution in [2.24, 2.45) is 0 Å². The number of hydrogen-bond acceptors (Lipinski definition) is 2. The zero-order valence-electron chi connectivity index (χ0n) is 13.1. The molecular weight excluding hydrogens is 280 g/mol. The van der Waals surface area contributed by atoms with Crippen LogP contribution in [0.1, 0.15) is 33.4 Å². The third-order valence-corrected chi connectivity index (χ3v) is 6.89. The van der Waals surface area contributed by atoms with E-state index in [1.807, 2.05) is 21.6 Å². The number of hydrogen-bond donors (Lipinski definition) is 0. The first-order valence-electron chi connectivity index (χ1n) is 6.90. The topological polar surface area (TPSA) is 0 Å². The maximum Gasteiger partial charge on any atom is 0.0218 e. The van der Waals surface area contributed by atoms with Gasteiger partial charge < -0.3 is 0 Å². The lowest BCUT2D eigenvalue weighted by molar-refractivity contribution is 1.18. The van der Waals surface area contributed by atoms with E-state index in [9.17, 15) is 0 Å². The average molecular weight is 303 g/mol. The lowest BCUT2D eigenvalue weighted by Gasteiger charge is -2.13. The van der Waals surface area contributed by atoms with Crippen molar-refractivity contribution in [1.29, 1.82) is 0 Å². The molecule has 2 heteroatoms. The number of benzene rings is 2. The molecule has 0 unspecified atom stereocenters. The summed E-state index contributed by atoms with van der Waals surface area (Å²) in [5, 5.41) is 0. The molecule has 2 rings (SSSR count). The summed E-state index contributed by atoms with van der Waals surface area (Å²) >= 11 is 0. The van der Waals surface area contributed by atoms with Crippen LogP contribution in [0.5, 0.6) is 0 Å². The predicted octanol–water partition coefficient (Wildman–Crippen LogP) is 6.34. The van der Waals surface area contributed by atoms with Crippen LogP contribution in [0, 0.1) is 41.5 Å². The van der Waals surface area contributed by atoms with Crippen LogP contribution < -0.4 is 0 Å². The molecule has 0 radical (unpaired) electrons. The van der Waals surface area contributed by atoms with E-state index in [4.69, 9.17) is 0 Å². The van der Waals surface area contributed by atoms with Crippen molar-refractivity contribution in [2.75, 3.05) is 0 Å². The summed E-state index contributed by atoms with van der Waals surface area (Å²) in [5.74, 6) is 0. The highest BCUT2D eigenvalue weighted by molar-refractivity contribution is 8.76. The van der Waals surface area contributed by atoms with E-state index in [0.29, 0.717) is 0 Å². The largest absolute Gasteiger partial charge is 0.0579 e. The standard InChI is InChI=1S/C18H22S2/c1-11-7-9-17(15(5)13(11)3)19-20-18-10-8-12(2)14(4)16(18)6/h7-10H,1-6H3. The highest BCUT2D eigenvalue weighted by Crippen LogP contribution is 2.42. The fourth-order valence-corrected chi connectivity index (χ4v) is 4.74. The van der Waals surface area contributed by atoms with Gasteiger partial charge >= 0.3 is 0 Å². The lowest BCUT2D eigenvalue weighted by Crippen LogP contribution is -1.89. The molecule has 0 spiro atoms. The molecule has 0 nitrogen and oxygen atoms in total. The molecule has 0 saturated carbocycles. The Hall–Kier alpha value is -0.860. The summed E-state index contributed by atoms with van der Waals surface area (Å²) < 4.78 is 0. The second kappa shape index (κ2) is 6.28. The summed E-state index contributed by atoms with van der Waals surface area (Å²) in [5.41, 5.74) is 8.38. The van der Waals surface area contributed by atoms with Gasteiger partial charge in [0.25, 0.3) is 0 Å². The second-order valence-corrected chi connectivity index (χ2v) is 7.64. The van der Waals surface area contributed by atoms with Gasteiger partial charge in [-0.15, -0.1) is 0 Å². The number of aryl methyl sites for hydroxylation is 2. The van der Waals surface area contributed by atoms with Crippen LogP contribution in [0.25, 0.3) is 0 Å². The molecule has 0 heterocycles. The van der Waals surface area contributed by atoms with E-state index in [2.05, 4.69) is 65.8 Å². The molecular formula is C18H22S2. The normalized spacial score (nSPS) is 10.9. The minimum Gasteiger partial charge on any atom is -0.0579 e. The minimum atomic E-state index is 1.37. The second-order valence-electron chi connectivity index (χ2n) is 5.43. The van der Waals surface area contributed by atoms with Crippen molar-refractivity contribution in [3.8, 4) is 0 Å². The highest BCUT2D eigenvalue weighted by Gasteiger charge is 2.08. The van der Waals surface area contributed by atoms with Crippen molar-refractivity contribution in [3.05, 3.63) is 57.6 Å². The third kappa shape index (κ3) is 3.07. The summed E-state index contributed by atoms with van der Waals surface area (Å²) in [6, 6.07) is 8.92. The van der Waals surface area contributed by atoms with Crippen LogP contribution in [-0.4, -0.2) is 0 Å². The molecule has 0 aromatic heterocycles. The monoisotopic (exact) mass is 302 g/mol. The van der Waals surface area contributed by atoms with Crippen molar-refractivity contribution >= 4 is 21.6 Å². The maximum atomic E-state index is 2.24.